The zero-order valence-corrected chi connectivity index (χ0v) is 9.13. The lowest BCUT2D eigenvalue weighted by atomic mass is 10.2. The highest BCUT2D eigenvalue weighted by Crippen LogP contribution is 2.36. The van der Waals surface area contributed by atoms with Crippen molar-refractivity contribution in [2.75, 3.05) is 7.11 Å². The molecular weight excluding hydrogens is 237 g/mol. The summed E-state index contributed by atoms with van der Waals surface area (Å²) in [6, 6.07) is 1.72. The monoisotopic (exact) mass is 246 g/mol. The van der Waals surface area contributed by atoms with Gasteiger partial charge in [-0.05, 0) is 6.92 Å². The van der Waals surface area contributed by atoms with Crippen LogP contribution in [-0.2, 0) is 6.42 Å². The molecule has 92 valence electrons. The van der Waals surface area contributed by atoms with Crippen LogP contribution < -0.4 is 9.47 Å². The Morgan fingerprint density at radius 2 is 2.06 bits per heavy atom. The van der Waals surface area contributed by atoms with Gasteiger partial charge in [0.25, 0.3) is 0 Å². The Labute approximate surface area is 95.6 Å². The van der Waals surface area contributed by atoms with Gasteiger partial charge in [0.1, 0.15) is 5.69 Å². The summed E-state index contributed by atoms with van der Waals surface area (Å²) in [6.07, 6.45) is -3.82. The first-order chi connectivity index (χ1) is 7.89. The number of aryl methyl sites for hydroxylation is 1. The fourth-order valence-corrected chi connectivity index (χ4v) is 1.28. The van der Waals surface area contributed by atoms with Gasteiger partial charge in [-0.25, -0.2) is 0 Å². The molecule has 0 aliphatic rings. The number of hydrogen-bond donors (Lipinski definition) is 0. The van der Waals surface area contributed by atoms with Crippen molar-refractivity contribution in [2.24, 2.45) is 0 Å². The van der Waals surface area contributed by atoms with E-state index in [1.807, 2.05) is 0 Å². The molecule has 7 heteroatoms. The predicted molar refractivity (Wildman–Crippen MR) is 51.5 cm³/mol. The molecule has 0 saturated heterocycles. The lowest BCUT2D eigenvalue weighted by Gasteiger charge is -2.16. The minimum absolute atomic E-state index is 0.0671. The second-order valence-corrected chi connectivity index (χ2v) is 3.13. The number of alkyl halides is 3. The van der Waals surface area contributed by atoms with Gasteiger partial charge in [0.2, 0.25) is 0 Å². The smallest absolute Gasteiger partial charge is 0.492 e. The highest BCUT2D eigenvalue weighted by Gasteiger charge is 2.34. The second-order valence-electron chi connectivity index (χ2n) is 3.13. The second kappa shape index (κ2) is 4.91. The number of ether oxygens (including phenoxy) is 2. The zero-order valence-electron chi connectivity index (χ0n) is 9.13. The van der Waals surface area contributed by atoms with E-state index in [0.717, 1.165) is 0 Å². The van der Waals surface area contributed by atoms with Gasteiger partial charge in [-0.3, -0.25) is 4.98 Å². The van der Waals surface area contributed by atoms with E-state index < -0.39 is 12.1 Å². The number of nitrogens with zero attached hydrogens (tertiary/aromatic N) is 2. The molecule has 1 aromatic rings. The Balaban J connectivity index is 3.29. The SMILES string of the molecule is COc1c(C)cnc(CC#N)c1OC(F)(F)F. The molecule has 0 unspecified atom stereocenters. The average Bonchev–Trinajstić information content (AvgIpc) is 2.21. The summed E-state index contributed by atoms with van der Waals surface area (Å²) < 4.78 is 45.3. The molecule has 0 N–H and O–H groups in total. The standard InChI is InChI=1S/C10H9F3N2O2/c1-6-5-15-7(3-4-14)9(8(6)16-2)17-10(11,12)13/h5H,3H2,1-2H3. The van der Waals surface area contributed by atoms with Crippen LogP contribution in [0.1, 0.15) is 11.3 Å². The van der Waals surface area contributed by atoms with Crippen molar-refractivity contribution in [3.8, 4) is 17.6 Å². The molecule has 1 heterocycles. The zero-order chi connectivity index (χ0) is 13.1. The number of pyridine rings is 1. The first kappa shape index (κ1) is 13.1. The topological polar surface area (TPSA) is 55.1 Å². The molecule has 0 aliphatic carbocycles. The summed E-state index contributed by atoms with van der Waals surface area (Å²) in [4.78, 5) is 3.73. The van der Waals surface area contributed by atoms with E-state index in [4.69, 9.17) is 10.00 Å². The minimum atomic E-state index is -4.85. The molecule has 0 atom stereocenters. The van der Waals surface area contributed by atoms with Gasteiger partial charge in [-0.2, -0.15) is 5.26 Å². The van der Waals surface area contributed by atoms with Crippen molar-refractivity contribution in [1.29, 1.82) is 5.26 Å². The number of nitriles is 1. The average molecular weight is 246 g/mol. The maximum atomic E-state index is 12.2. The quantitative estimate of drug-likeness (QED) is 0.821. The summed E-state index contributed by atoms with van der Waals surface area (Å²) in [5, 5.41) is 8.51. The molecule has 0 aliphatic heterocycles. The van der Waals surface area contributed by atoms with Crippen LogP contribution in [0.2, 0.25) is 0 Å². The molecule has 0 amide bonds. The van der Waals surface area contributed by atoms with E-state index in [1.54, 1.807) is 6.07 Å². The Kier molecular flexibility index (Phi) is 3.78. The van der Waals surface area contributed by atoms with E-state index in [0.29, 0.717) is 5.56 Å². The van der Waals surface area contributed by atoms with Crippen molar-refractivity contribution in [1.82, 2.24) is 4.98 Å². The van der Waals surface area contributed by atoms with Crippen LogP contribution in [0.5, 0.6) is 11.5 Å². The number of methoxy groups -OCH3 is 1. The van der Waals surface area contributed by atoms with Crippen LogP contribution in [-0.4, -0.2) is 18.5 Å². The van der Waals surface area contributed by atoms with Crippen LogP contribution in [0.3, 0.4) is 0 Å². The third-order valence-corrected chi connectivity index (χ3v) is 1.91. The third-order valence-electron chi connectivity index (χ3n) is 1.91. The van der Waals surface area contributed by atoms with Crippen LogP contribution in [0.25, 0.3) is 0 Å². The van der Waals surface area contributed by atoms with E-state index in [1.165, 1.54) is 20.2 Å². The van der Waals surface area contributed by atoms with Gasteiger partial charge in [0.15, 0.2) is 11.5 Å². The molecule has 0 fully saturated rings. The molecule has 1 rings (SSSR count). The van der Waals surface area contributed by atoms with E-state index in [-0.39, 0.29) is 17.9 Å². The van der Waals surface area contributed by atoms with Crippen molar-refractivity contribution in [2.45, 2.75) is 19.7 Å². The Morgan fingerprint density at radius 1 is 1.41 bits per heavy atom. The molecule has 17 heavy (non-hydrogen) atoms. The Bertz CT molecular complexity index is 452. The van der Waals surface area contributed by atoms with Crippen LogP contribution in [0.4, 0.5) is 13.2 Å². The Hall–Kier alpha value is -1.97. The highest BCUT2D eigenvalue weighted by molar-refractivity contribution is 5.48. The third kappa shape index (κ3) is 3.24. The molecule has 0 aromatic carbocycles. The van der Waals surface area contributed by atoms with Crippen molar-refractivity contribution < 1.29 is 22.6 Å². The number of aromatic nitrogens is 1. The summed E-state index contributed by atoms with van der Waals surface area (Å²) in [7, 11) is 1.22. The molecule has 0 bridgehead atoms. The predicted octanol–water partition coefficient (Wildman–Crippen LogP) is 2.36. The fraction of sp³-hybridized carbons (Fsp3) is 0.400. The van der Waals surface area contributed by atoms with Crippen LogP contribution in [0.15, 0.2) is 6.20 Å². The maximum absolute atomic E-state index is 12.2. The number of hydrogen-bond acceptors (Lipinski definition) is 4. The molecule has 0 radical (unpaired) electrons. The van der Waals surface area contributed by atoms with E-state index in [2.05, 4.69) is 9.72 Å². The molecule has 0 spiro atoms. The fourth-order valence-electron chi connectivity index (χ4n) is 1.28. The maximum Gasteiger partial charge on any atom is 0.573 e. The van der Waals surface area contributed by atoms with Crippen LogP contribution >= 0.6 is 0 Å². The van der Waals surface area contributed by atoms with Crippen molar-refractivity contribution in [3.05, 3.63) is 17.5 Å². The van der Waals surface area contributed by atoms with Gasteiger partial charge >= 0.3 is 6.36 Å². The first-order valence-electron chi connectivity index (χ1n) is 4.54. The lowest BCUT2D eigenvalue weighted by molar-refractivity contribution is -0.275. The van der Waals surface area contributed by atoms with Crippen molar-refractivity contribution >= 4 is 0 Å². The van der Waals surface area contributed by atoms with Gasteiger partial charge in [0.05, 0.1) is 19.6 Å². The van der Waals surface area contributed by atoms with Gasteiger partial charge in [-0.15, -0.1) is 13.2 Å². The van der Waals surface area contributed by atoms with Gasteiger partial charge in [0, 0.05) is 11.8 Å². The largest absolute Gasteiger partial charge is 0.573 e. The first-order valence-corrected chi connectivity index (χ1v) is 4.54. The molecule has 1 aromatic heterocycles. The summed E-state index contributed by atoms with van der Waals surface area (Å²) in [5.74, 6) is -0.621. The minimum Gasteiger partial charge on any atom is -0.492 e. The highest BCUT2D eigenvalue weighted by atomic mass is 19.4. The number of rotatable bonds is 3. The van der Waals surface area contributed by atoms with Gasteiger partial charge < -0.3 is 9.47 Å². The van der Waals surface area contributed by atoms with E-state index in [9.17, 15) is 13.2 Å². The molecular formula is C10H9F3N2O2. The van der Waals surface area contributed by atoms with Gasteiger partial charge in [-0.1, -0.05) is 0 Å². The van der Waals surface area contributed by atoms with E-state index >= 15 is 0 Å². The van der Waals surface area contributed by atoms with Crippen molar-refractivity contribution in [3.63, 3.8) is 0 Å². The summed E-state index contributed by atoms with van der Waals surface area (Å²) >= 11 is 0. The normalized spacial score (nSPS) is 10.8. The van der Waals surface area contributed by atoms with Crippen LogP contribution in [0, 0.1) is 18.3 Å². The Morgan fingerprint density at radius 3 is 2.53 bits per heavy atom. The summed E-state index contributed by atoms with van der Waals surface area (Å²) in [6.45, 7) is 1.53. The summed E-state index contributed by atoms with van der Waals surface area (Å²) in [5.41, 5.74) is 0.292. The molecule has 4 nitrogen and oxygen atoms in total. The number of halogens is 3. The lowest BCUT2D eigenvalue weighted by Crippen LogP contribution is -2.19. The molecule has 0 saturated carbocycles.